The first kappa shape index (κ1) is 75.4. The van der Waals surface area contributed by atoms with Crippen molar-refractivity contribution in [1.82, 2.24) is 0 Å². The van der Waals surface area contributed by atoms with E-state index in [-0.39, 0.29) is 11.1 Å². The van der Waals surface area contributed by atoms with Gasteiger partial charge in [0.25, 0.3) is 0 Å². The van der Waals surface area contributed by atoms with Gasteiger partial charge in [0.05, 0.1) is 55.6 Å². The summed E-state index contributed by atoms with van der Waals surface area (Å²) in [4.78, 5) is 126. The first-order chi connectivity index (χ1) is 47.6. The van der Waals surface area contributed by atoms with Crippen molar-refractivity contribution in [3.8, 4) is 0 Å². The van der Waals surface area contributed by atoms with Gasteiger partial charge in [-0.1, -0.05) is 72.2 Å². The van der Waals surface area contributed by atoms with Gasteiger partial charge < -0.3 is 75.8 Å². The third-order valence-electron chi connectivity index (χ3n) is 15.0. The van der Waals surface area contributed by atoms with Gasteiger partial charge in [-0.25, -0.2) is 9.59 Å². The van der Waals surface area contributed by atoms with Crippen molar-refractivity contribution in [3.63, 3.8) is 0 Å². The van der Waals surface area contributed by atoms with Crippen LogP contribution in [0.3, 0.4) is 0 Å². The Bertz CT molecular complexity index is 3620. The molecule has 8 unspecified atom stereocenters. The van der Waals surface area contributed by atoms with Gasteiger partial charge in [-0.2, -0.15) is 0 Å². The summed E-state index contributed by atoms with van der Waals surface area (Å²) in [6.07, 6.45) is -36.4. The van der Waals surface area contributed by atoms with E-state index in [9.17, 15) is 77.1 Å². The molecule has 45 heteroatoms. The van der Waals surface area contributed by atoms with Crippen molar-refractivity contribution in [1.29, 1.82) is 0 Å². The summed E-state index contributed by atoms with van der Waals surface area (Å²) in [5.41, 5.74) is 68.6. The number of carbonyl (C=O) groups is 8. The van der Waals surface area contributed by atoms with E-state index in [2.05, 4.69) is 70.2 Å². The standard InChI is InChI=1S/C54H61N21O24/c1-22(76)85-38-30(65-72-58)17-31(66-73-59)39(97-51-36(67-74-60)44(88-25(4)79)40(86-23(2)77)32(91-51)18-62-69-55)46(38)99-54-48(90-27(6)81)43(98-52-37(68-75-61)45(89-26(5)80)41(87-24(3)78)33(92-52)19-63-70-56)35(94-54)21-84-53-47(96-50(83)29-15-11-8-12-16-29)42(34(93-53)20-64-71-57)95-49(82)28-13-9-7-10-14-28/h7-16,30-48,51-54H,17-21H2,1-6H3/t30-,31?,32?,33-,34+,35+,36?,37?,38?,39+,40+,41+,42+,43-,44+,45?,46+,47?,48?,51+,52+,53+,54-/m0/s1. The van der Waals surface area contributed by atoms with E-state index >= 15 is 0 Å². The van der Waals surface area contributed by atoms with E-state index in [0.717, 1.165) is 41.5 Å². The number of carbonyl (C=O) groups excluding carboxylic acids is 8. The molecule has 4 saturated heterocycles. The van der Waals surface area contributed by atoms with Crippen molar-refractivity contribution in [2.24, 2.45) is 35.8 Å². The van der Waals surface area contributed by atoms with Crippen LogP contribution in [-0.2, 0) is 105 Å². The number of esters is 8. The van der Waals surface area contributed by atoms with Crippen molar-refractivity contribution >= 4 is 47.8 Å². The monoisotopic (exact) mass is 1390 g/mol. The highest BCUT2D eigenvalue weighted by atomic mass is 16.8. The Balaban J connectivity index is 1.42. The minimum atomic E-state index is -2.25. The lowest BCUT2D eigenvalue weighted by Gasteiger charge is -2.48. The number of hydrogen-bond acceptors (Lipinski definition) is 31. The van der Waals surface area contributed by atoms with Crippen LogP contribution in [0.25, 0.3) is 73.1 Å². The van der Waals surface area contributed by atoms with Gasteiger partial charge in [0, 0.05) is 75.9 Å². The van der Waals surface area contributed by atoms with Crippen molar-refractivity contribution in [2.75, 3.05) is 26.2 Å². The average Bonchev–Trinajstić information content (AvgIpc) is 1.75. The van der Waals surface area contributed by atoms with Crippen LogP contribution >= 0.6 is 0 Å². The van der Waals surface area contributed by atoms with Crippen LogP contribution in [0.1, 0.15) is 68.7 Å². The Labute approximate surface area is 556 Å². The van der Waals surface area contributed by atoms with E-state index in [4.69, 9.17) is 75.8 Å². The lowest BCUT2D eigenvalue weighted by Crippen LogP contribution is -2.65. The molecule has 45 nitrogen and oxygen atoms in total. The minimum Gasteiger partial charge on any atom is -0.459 e. The van der Waals surface area contributed by atoms with Crippen LogP contribution in [0.4, 0.5) is 0 Å². The molecule has 2 aromatic carbocycles. The summed E-state index contributed by atoms with van der Waals surface area (Å²) in [5.74, 6) is -8.39. The van der Waals surface area contributed by atoms with Gasteiger partial charge in [-0.3, -0.25) is 28.8 Å². The second-order valence-electron chi connectivity index (χ2n) is 21.6. The molecule has 0 spiro atoms. The molecule has 0 amide bonds. The molecule has 99 heavy (non-hydrogen) atoms. The van der Waals surface area contributed by atoms with E-state index in [1.165, 1.54) is 48.5 Å². The minimum absolute atomic E-state index is 0.00797. The largest absolute Gasteiger partial charge is 0.459 e. The van der Waals surface area contributed by atoms with Gasteiger partial charge in [0.15, 0.2) is 67.9 Å². The van der Waals surface area contributed by atoms with Crippen LogP contribution < -0.4 is 0 Å². The number of rotatable bonds is 29. The Morgan fingerprint density at radius 3 is 1.11 bits per heavy atom. The highest BCUT2D eigenvalue weighted by Gasteiger charge is 2.60. The zero-order valence-electron chi connectivity index (χ0n) is 52.8. The summed E-state index contributed by atoms with van der Waals surface area (Å²) < 4.78 is 97.3. The first-order valence-corrected chi connectivity index (χ1v) is 29.5. The summed E-state index contributed by atoms with van der Waals surface area (Å²) in [5, 5.41) is 25.8. The Hall–Kier alpha value is -10.9. The summed E-state index contributed by atoms with van der Waals surface area (Å²) in [7, 11) is 0. The fourth-order valence-electron chi connectivity index (χ4n) is 11.3. The summed E-state index contributed by atoms with van der Waals surface area (Å²) >= 11 is 0. The Morgan fingerprint density at radius 2 is 0.697 bits per heavy atom. The zero-order valence-corrected chi connectivity index (χ0v) is 52.8. The number of ether oxygens (including phenoxy) is 16. The maximum Gasteiger partial charge on any atom is 0.338 e. The van der Waals surface area contributed by atoms with Crippen molar-refractivity contribution in [2.45, 2.75) is 189 Å². The second kappa shape index (κ2) is 36.4. The molecule has 5 aliphatic rings. The predicted molar refractivity (Wildman–Crippen MR) is 318 cm³/mol. The molecule has 0 N–H and O–H groups in total. The third-order valence-corrected chi connectivity index (χ3v) is 15.0. The molecule has 23 atom stereocenters. The topological polar surface area (TPSA) is 626 Å². The molecular weight excluding hydrogens is 1330 g/mol. The molecule has 7 rings (SSSR count). The fourth-order valence-corrected chi connectivity index (χ4v) is 11.3. The van der Waals surface area contributed by atoms with Crippen molar-refractivity contribution < 1.29 is 114 Å². The van der Waals surface area contributed by atoms with Gasteiger partial charge in [0.1, 0.15) is 54.8 Å². The van der Waals surface area contributed by atoms with E-state index in [1.807, 2.05) is 0 Å². The average molecular weight is 1390 g/mol. The van der Waals surface area contributed by atoms with Crippen LogP contribution in [-0.4, -0.2) is 215 Å². The molecule has 4 aliphatic heterocycles. The molecule has 526 valence electrons. The number of azide groups is 7. The lowest BCUT2D eigenvalue weighted by molar-refractivity contribution is -0.309. The van der Waals surface area contributed by atoms with Crippen LogP contribution in [0.15, 0.2) is 96.5 Å². The Kier molecular flexibility index (Phi) is 27.7. The molecule has 1 saturated carbocycles. The van der Waals surface area contributed by atoms with Crippen LogP contribution in [0.5, 0.6) is 0 Å². The second-order valence-corrected chi connectivity index (χ2v) is 21.6. The molecule has 4 heterocycles. The smallest absolute Gasteiger partial charge is 0.338 e. The summed E-state index contributed by atoms with van der Waals surface area (Å²) in [6.45, 7) is 2.60. The quantitative estimate of drug-likeness (QED) is 0.0290. The van der Waals surface area contributed by atoms with E-state index in [1.54, 1.807) is 12.1 Å². The maximum atomic E-state index is 14.0. The zero-order chi connectivity index (χ0) is 71.9. The van der Waals surface area contributed by atoms with Gasteiger partial charge in [-0.15, -0.1) is 0 Å². The van der Waals surface area contributed by atoms with Gasteiger partial charge in [-0.05, 0) is 69.4 Å². The normalized spacial score (nSPS) is 31.9. The third kappa shape index (κ3) is 19.9. The SMILES string of the molecule is CC(=O)OC1[C@@H](N=[N+]=[N-])CC(N=[N+]=[N-])[C@@H](O[C@H]2OC(CN=[N+]=[N-])[C@@H](OC(C)=O)[C@H](OC(C)=O)C2N=[N+]=[N-])[C@@H]1O[C@@H]1O[C@H](CO[C@@H]2O[C@H](CN=[N+]=[N-])[C@@H](OC(=O)c3ccccc3)C2OC(=O)c2ccccc2)[C@H](O[C@H]2O[C@@H](CN=[N+]=[N-])[C@@H](OC(C)=O)C(OC(C)=O)C2N=[N+]=[N-])C1OC(C)=O. The van der Waals surface area contributed by atoms with Crippen molar-refractivity contribution in [3.05, 3.63) is 145 Å². The molecular formula is C54H61N21O24. The summed E-state index contributed by atoms with van der Waals surface area (Å²) in [6, 6.07) is 7.69. The highest BCUT2D eigenvalue weighted by Crippen LogP contribution is 2.42. The molecule has 0 aromatic heterocycles. The van der Waals surface area contributed by atoms with E-state index < -0.39 is 221 Å². The first-order valence-electron chi connectivity index (χ1n) is 29.5. The van der Waals surface area contributed by atoms with Crippen LogP contribution in [0.2, 0.25) is 0 Å². The number of nitrogens with zero attached hydrogens (tertiary/aromatic N) is 21. The van der Waals surface area contributed by atoms with E-state index in [0.29, 0.717) is 0 Å². The predicted octanol–water partition coefficient (Wildman–Crippen LogP) is 6.15. The molecule has 1 aliphatic carbocycles. The maximum absolute atomic E-state index is 14.0. The lowest BCUT2D eigenvalue weighted by atomic mass is 9.83. The number of benzene rings is 2. The fraction of sp³-hybridized carbons (Fsp3) is 0.630. The van der Waals surface area contributed by atoms with Gasteiger partial charge >= 0.3 is 47.8 Å². The highest BCUT2D eigenvalue weighted by molar-refractivity contribution is 5.90. The number of hydrogen-bond donors (Lipinski definition) is 0. The van der Waals surface area contributed by atoms with Crippen LogP contribution in [0, 0.1) is 0 Å². The molecule has 0 radical (unpaired) electrons. The Morgan fingerprint density at radius 1 is 0.364 bits per heavy atom. The molecule has 2 aromatic rings. The molecule has 5 fully saturated rings. The van der Waals surface area contributed by atoms with Gasteiger partial charge in [0.2, 0.25) is 0 Å². The molecule has 0 bridgehead atoms.